The van der Waals surface area contributed by atoms with E-state index in [1.165, 1.54) is 0 Å². The molecule has 6 heteroatoms. The molecule has 4 nitrogen and oxygen atoms in total. The summed E-state index contributed by atoms with van der Waals surface area (Å²) in [6.45, 7) is 1.84. The maximum absolute atomic E-state index is 12.3. The zero-order valence-corrected chi connectivity index (χ0v) is 16.5. The monoisotopic (exact) mass is 404 g/mol. The van der Waals surface area contributed by atoms with E-state index in [2.05, 4.69) is 5.32 Å². The van der Waals surface area contributed by atoms with Gasteiger partial charge >= 0.3 is 0 Å². The van der Waals surface area contributed by atoms with E-state index in [1.807, 2.05) is 29.2 Å². The van der Waals surface area contributed by atoms with Crippen LogP contribution in [0.15, 0.2) is 42.5 Å². The van der Waals surface area contributed by atoms with Crippen LogP contribution in [-0.2, 0) is 29.1 Å². The lowest BCUT2D eigenvalue weighted by atomic mass is 10.1. The highest BCUT2D eigenvalue weighted by Crippen LogP contribution is 2.25. The minimum Gasteiger partial charge on any atom is -0.352 e. The first-order valence-electron chi connectivity index (χ1n) is 9.08. The molecule has 0 saturated carbocycles. The van der Waals surface area contributed by atoms with E-state index in [9.17, 15) is 9.59 Å². The summed E-state index contributed by atoms with van der Waals surface area (Å²) >= 11 is 12.3. The Morgan fingerprint density at radius 3 is 2.41 bits per heavy atom. The zero-order valence-electron chi connectivity index (χ0n) is 15.0. The zero-order chi connectivity index (χ0) is 19.2. The third kappa shape index (κ3) is 5.24. The summed E-state index contributed by atoms with van der Waals surface area (Å²) in [5.74, 6) is 0.142. The lowest BCUT2D eigenvalue weighted by Gasteiger charge is -2.18. The molecule has 27 heavy (non-hydrogen) atoms. The predicted molar refractivity (Wildman–Crippen MR) is 108 cm³/mol. The summed E-state index contributed by atoms with van der Waals surface area (Å²) in [5.41, 5.74) is 2.90. The number of benzene rings is 2. The molecule has 0 unspecified atom stereocenters. The summed E-state index contributed by atoms with van der Waals surface area (Å²) in [6.07, 6.45) is 2.36. The lowest BCUT2D eigenvalue weighted by molar-refractivity contribution is -0.128. The fourth-order valence-corrected chi connectivity index (χ4v) is 3.84. The smallest absolute Gasteiger partial charge is 0.222 e. The Morgan fingerprint density at radius 2 is 1.74 bits per heavy atom. The van der Waals surface area contributed by atoms with E-state index in [4.69, 9.17) is 23.2 Å². The van der Waals surface area contributed by atoms with Crippen molar-refractivity contribution in [1.29, 1.82) is 0 Å². The Bertz CT molecular complexity index is 818. The Balaban J connectivity index is 1.55. The SMILES string of the molecule is O=C(CCc1c(Cl)cccc1Cl)NCc1ccccc1CN1CCCC1=O. The van der Waals surface area contributed by atoms with Crippen LogP contribution in [0.4, 0.5) is 0 Å². The second-order valence-corrected chi connectivity index (χ2v) is 7.48. The number of amides is 2. The highest BCUT2D eigenvalue weighted by Gasteiger charge is 2.21. The molecule has 2 amide bonds. The fraction of sp³-hybridized carbons (Fsp3) is 0.333. The van der Waals surface area contributed by atoms with Crippen molar-refractivity contribution < 1.29 is 9.59 Å². The number of nitrogens with one attached hydrogen (secondary N) is 1. The molecule has 1 aliphatic heterocycles. The number of rotatable bonds is 7. The van der Waals surface area contributed by atoms with Gasteiger partial charge in [0, 0.05) is 42.5 Å². The third-order valence-electron chi connectivity index (χ3n) is 4.79. The van der Waals surface area contributed by atoms with Crippen molar-refractivity contribution in [2.45, 2.75) is 38.8 Å². The normalized spacial score (nSPS) is 13.9. The quantitative estimate of drug-likeness (QED) is 0.744. The van der Waals surface area contributed by atoms with Gasteiger partial charge in [-0.15, -0.1) is 0 Å². The van der Waals surface area contributed by atoms with Crippen LogP contribution in [-0.4, -0.2) is 23.3 Å². The summed E-state index contributed by atoms with van der Waals surface area (Å²) in [7, 11) is 0. The Morgan fingerprint density at radius 1 is 1.04 bits per heavy atom. The van der Waals surface area contributed by atoms with Crippen molar-refractivity contribution in [3.8, 4) is 0 Å². The summed E-state index contributed by atoms with van der Waals surface area (Å²) < 4.78 is 0. The minimum absolute atomic E-state index is 0.0574. The van der Waals surface area contributed by atoms with Crippen LogP contribution < -0.4 is 5.32 Å². The van der Waals surface area contributed by atoms with Crippen molar-refractivity contribution in [2.75, 3.05) is 6.54 Å². The number of hydrogen-bond acceptors (Lipinski definition) is 2. The first kappa shape index (κ1) is 19.7. The van der Waals surface area contributed by atoms with E-state index in [0.29, 0.717) is 42.4 Å². The third-order valence-corrected chi connectivity index (χ3v) is 5.50. The summed E-state index contributed by atoms with van der Waals surface area (Å²) in [6, 6.07) is 13.2. The molecule has 0 bridgehead atoms. The van der Waals surface area contributed by atoms with Gasteiger partial charge in [-0.25, -0.2) is 0 Å². The van der Waals surface area contributed by atoms with Crippen molar-refractivity contribution >= 4 is 35.0 Å². The number of hydrogen-bond donors (Lipinski definition) is 1. The maximum Gasteiger partial charge on any atom is 0.222 e. The molecule has 142 valence electrons. The molecule has 1 heterocycles. The van der Waals surface area contributed by atoms with E-state index in [0.717, 1.165) is 29.7 Å². The predicted octanol–water partition coefficient (Wildman–Crippen LogP) is 4.36. The lowest BCUT2D eigenvalue weighted by Crippen LogP contribution is -2.27. The number of nitrogens with zero attached hydrogens (tertiary/aromatic N) is 1. The fourth-order valence-electron chi connectivity index (χ4n) is 3.25. The highest BCUT2D eigenvalue weighted by atomic mass is 35.5. The molecule has 0 atom stereocenters. The van der Waals surface area contributed by atoms with Gasteiger partial charge in [-0.3, -0.25) is 9.59 Å². The van der Waals surface area contributed by atoms with Crippen LogP contribution in [0.25, 0.3) is 0 Å². The molecular weight excluding hydrogens is 383 g/mol. The van der Waals surface area contributed by atoms with Crippen molar-refractivity contribution in [3.63, 3.8) is 0 Å². The molecule has 0 spiro atoms. The van der Waals surface area contributed by atoms with E-state index in [1.54, 1.807) is 18.2 Å². The van der Waals surface area contributed by atoms with Gasteiger partial charge in [0.15, 0.2) is 0 Å². The average molecular weight is 405 g/mol. The molecule has 0 aliphatic carbocycles. The largest absolute Gasteiger partial charge is 0.352 e. The molecule has 1 saturated heterocycles. The molecule has 0 radical (unpaired) electrons. The van der Waals surface area contributed by atoms with Gasteiger partial charge in [-0.1, -0.05) is 53.5 Å². The number of carbonyl (C=O) groups excluding carboxylic acids is 2. The minimum atomic E-state index is -0.0574. The Hall–Kier alpha value is -2.04. The van der Waals surface area contributed by atoms with Crippen LogP contribution in [0.2, 0.25) is 10.0 Å². The van der Waals surface area contributed by atoms with Gasteiger partial charge in [-0.2, -0.15) is 0 Å². The second-order valence-electron chi connectivity index (χ2n) is 6.66. The Labute approximate surface area is 169 Å². The van der Waals surface area contributed by atoms with Crippen LogP contribution in [0.3, 0.4) is 0 Å². The first-order valence-corrected chi connectivity index (χ1v) is 9.84. The van der Waals surface area contributed by atoms with Gasteiger partial charge in [0.05, 0.1) is 0 Å². The summed E-state index contributed by atoms with van der Waals surface area (Å²) in [5, 5.41) is 4.12. The van der Waals surface area contributed by atoms with Gasteiger partial charge in [0.1, 0.15) is 0 Å². The molecule has 1 N–H and O–H groups in total. The molecule has 2 aromatic carbocycles. The Kier molecular flexibility index (Phi) is 6.75. The van der Waals surface area contributed by atoms with Gasteiger partial charge in [-0.05, 0) is 41.7 Å². The van der Waals surface area contributed by atoms with Crippen LogP contribution in [0.5, 0.6) is 0 Å². The van der Waals surface area contributed by atoms with E-state index < -0.39 is 0 Å². The molecule has 1 aliphatic rings. The number of likely N-dealkylation sites (tertiary alicyclic amines) is 1. The molecule has 3 rings (SSSR count). The van der Waals surface area contributed by atoms with Gasteiger partial charge in [0.2, 0.25) is 11.8 Å². The standard InChI is InChI=1S/C21H22Cl2N2O2/c22-18-7-3-8-19(23)17(18)10-11-20(26)24-13-15-5-1-2-6-16(15)14-25-12-4-9-21(25)27/h1-3,5-8H,4,9-14H2,(H,24,26). The first-order chi connectivity index (χ1) is 13.0. The number of halogens is 2. The van der Waals surface area contributed by atoms with Crippen molar-refractivity contribution in [3.05, 3.63) is 69.2 Å². The van der Waals surface area contributed by atoms with Crippen LogP contribution in [0, 0.1) is 0 Å². The molecular formula is C21H22Cl2N2O2. The molecule has 1 fully saturated rings. The van der Waals surface area contributed by atoms with E-state index >= 15 is 0 Å². The van der Waals surface area contributed by atoms with Gasteiger partial charge < -0.3 is 10.2 Å². The van der Waals surface area contributed by atoms with Crippen molar-refractivity contribution in [2.24, 2.45) is 0 Å². The topological polar surface area (TPSA) is 49.4 Å². The number of carbonyl (C=O) groups is 2. The second kappa shape index (κ2) is 9.25. The van der Waals surface area contributed by atoms with Crippen LogP contribution >= 0.6 is 23.2 Å². The summed E-state index contributed by atoms with van der Waals surface area (Å²) in [4.78, 5) is 26.0. The average Bonchev–Trinajstić information content (AvgIpc) is 3.05. The van der Waals surface area contributed by atoms with Gasteiger partial charge in [0.25, 0.3) is 0 Å². The molecule has 2 aromatic rings. The highest BCUT2D eigenvalue weighted by molar-refractivity contribution is 6.36. The van der Waals surface area contributed by atoms with Crippen LogP contribution in [0.1, 0.15) is 36.0 Å². The molecule has 0 aromatic heterocycles. The van der Waals surface area contributed by atoms with E-state index in [-0.39, 0.29) is 11.8 Å². The maximum atomic E-state index is 12.3. The van der Waals surface area contributed by atoms with Crippen molar-refractivity contribution in [1.82, 2.24) is 10.2 Å².